The zero-order valence-corrected chi connectivity index (χ0v) is 17.4. The number of thioether (sulfide) groups is 1. The van der Waals surface area contributed by atoms with E-state index >= 15 is 0 Å². The van der Waals surface area contributed by atoms with Crippen LogP contribution in [0.3, 0.4) is 0 Å². The second-order valence-electron chi connectivity index (χ2n) is 7.86. The smallest absolute Gasteiger partial charge is 0.329 e. The van der Waals surface area contributed by atoms with Crippen LogP contribution in [-0.2, 0) is 14.9 Å². The van der Waals surface area contributed by atoms with E-state index in [1.807, 2.05) is 24.3 Å². The number of esters is 1. The summed E-state index contributed by atoms with van der Waals surface area (Å²) in [7, 11) is 1.39. The normalized spacial score (nSPS) is 20.3. The molecule has 1 aromatic rings. The van der Waals surface area contributed by atoms with Crippen molar-refractivity contribution >= 4 is 23.6 Å². The van der Waals surface area contributed by atoms with Gasteiger partial charge in [-0.2, -0.15) is 0 Å². The minimum atomic E-state index is -0.494. The first-order valence-electron chi connectivity index (χ1n) is 9.42. The number of carbonyl (C=O) groups excluding carboxylic acids is 2. The molecule has 2 unspecified atom stereocenters. The zero-order chi connectivity index (χ0) is 19.3. The molecule has 0 radical (unpaired) electrons. The standard InChI is InChI=1S/C21H31NO3S/c1-6-7-8-9-18-22(17(14-26-18)20(24)25-5)19(23)15-10-12-16(13-11-15)21(2,3)4/h10-13,17-18H,6-9,14H2,1-5H3. The number of hydrogen-bond donors (Lipinski definition) is 0. The summed E-state index contributed by atoms with van der Waals surface area (Å²) >= 11 is 1.69. The van der Waals surface area contributed by atoms with Gasteiger partial charge in [-0.1, -0.05) is 59.1 Å². The SMILES string of the molecule is CCCCCC1SCC(C(=O)OC)N1C(=O)c1ccc(C(C)(C)C)cc1. The summed E-state index contributed by atoms with van der Waals surface area (Å²) in [6.07, 6.45) is 4.26. The van der Waals surface area contributed by atoms with Crippen molar-refractivity contribution in [3.8, 4) is 0 Å². The number of amides is 1. The molecule has 0 bridgehead atoms. The molecule has 1 amide bonds. The quantitative estimate of drug-likeness (QED) is 0.536. The number of nitrogens with zero attached hydrogens (tertiary/aromatic N) is 1. The first-order valence-corrected chi connectivity index (χ1v) is 10.5. The van der Waals surface area contributed by atoms with Gasteiger partial charge in [0.15, 0.2) is 0 Å². The topological polar surface area (TPSA) is 46.6 Å². The maximum absolute atomic E-state index is 13.2. The van der Waals surface area contributed by atoms with Crippen molar-refractivity contribution in [1.29, 1.82) is 0 Å². The third-order valence-electron chi connectivity index (χ3n) is 4.85. The lowest BCUT2D eigenvalue weighted by atomic mass is 9.86. The maximum Gasteiger partial charge on any atom is 0.329 e. The van der Waals surface area contributed by atoms with E-state index in [9.17, 15) is 9.59 Å². The molecule has 1 saturated heterocycles. The number of ether oxygens (including phenoxy) is 1. The molecule has 2 atom stereocenters. The highest BCUT2D eigenvalue weighted by Gasteiger charge is 2.42. The number of rotatable bonds is 6. The van der Waals surface area contributed by atoms with Crippen LogP contribution in [0.2, 0.25) is 0 Å². The van der Waals surface area contributed by atoms with E-state index in [4.69, 9.17) is 4.74 Å². The first-order chi connectivity index (χ1) is 12.3. The number of benzene rings is 1. The van der Waals surface area contributed by atoms with Gasteiger partial charge in [0.2, 0.25) is 0 Å². The summed E-state index contributed by atoms with van der Waals surface area (Å²) < 4.78 is 4.94. The summed E-state index contributed by atoms with van der Waals surface area (Å²) in [6, 6.07) is 7.28. The molecule has 1 aliphatic heterocycles. The summed E-state index contributed by atoms with van der Waals surface area (Å²) in [5.74, 6) is 0.206. The molecule has 0 N–H and O–H groups in total. The largest absolute Gasteiger partial charge is 0.467 e. The second kappa shape index (κ2) is 8.94. The van der Waals surface area contributed by atoms with Crippen LogP contribution < -0.4 is 0 Å². The van der Waals surface area contributed by atoms with E-state index in [1.165, 1.54) is 12.7 Å². The van der Waals surface area contributed by atoms with Gasteiger partial charge in [0.05, 0.1) is 12.5 Å². The van der Waals surface area contributed by atoms with Crippen molar-refractivity contribution in [2.75, 3.05) is 12.9 Å². The van der Waals surface area contributed by atoms with Gasteiger partial charge in [-0.25, -0.2) is 4.79 Å². The molecule has 0 aliphatic carbocycles. The molecule has 26 heavy (non-hydrogen) atoms. The highest BCUT2D eigenvalue weighted by molar-refractivity contribution is 8.00. The van der Waals surface area contributed by atoms with Crippen molar-refractivity contribution in [2.24, 2.45) is 0 Å². The van der Waals surface area contributed by atoms with Crippen LogP contribution >= 0.6 is 11.8 Å². The Labute approximate surface area is 161 Å². The fourth-order valence-electron chi connectivity index (χ4n) is 3.21. The molecule has 144 valence electrons. The van der Waals surface area contributed by atoms with Gasteiger partial charge in [0.25, 0.3) is 5.91 Å². The zero-order valence-electron chi connectivity index (χ0n) is 16.6. The summed E-state index contributed by atoms with van der Waals surface area (Å²) in [5.41, 5.74) is 1.87. The molecular weight excluding hydrogens is 346 g/mol. The third kappa shape index (κ3) is 4.81. The van der Waals surface area contributed by atoms with Gasteiger partial charge in [-0.15, -0.1) is 11.8 Å². The van der Waals surface area contributed by atoms with Crippen molar-refractivity contribution in [2.45, 2.75) is 70.2 Å². The fourth-order valence-corrected chi connectivity index (χ4v) is 4.64. The van der Waals surface area contributed by atoms with Gasteiger partial charge < -0.3 is 9.64 Å². The van der Waals surface area contributed by atoms with Crippen LogP contribution in [-0.4, -0.2) is 41.1 Å². The summed E-state index contributed by atoms with van der Waals surface area (Å²) in [4.78, 5) is 27.1. The summed E-state index contributed by atoms with van der Waals surface area (Å²) in [5, 5.41) is 0.0421. The van der Waals surface area contributed by atoms with Crippen molar-refractivity contribution in [3.05, 3.63) is 35.4 Å². The molecular formula is C21H31NO3S. The van der Waals surface area contributed by atoms with Crippen molar-refractivity contribution in [1.82, 2.24) is 4.90 Å². The van der Waals surface area contributed by atoms with Crippen LogP contribution in [0.5, 0.6) is 0 Å². The molecule has 1 aromatic carbocycles. The molecule has 1 fully saturated rings. The van der Waals surface area contributed by atoms with Crippen molar-refractivity contribution < 1.29 is 14.3 Å². The van der Waals surface area contributed by atoms with Gasteiger partial charge in [-0.3, -0.25) is 4.79 Å². The maximum atomic E-state index is 13.2. The highest BCUT2D eigenvalue weighted by atomic mass is 32.2. The molecule has 0 saturated carbocycles. The van der Waals surface area contributed by atoms with Crippen LogP contribution in [0, 0.1) is 0 Å². The summed E-state index contributed by atoms with van der Waals surface area (Å²) in [6.45, 7) is 8.62. The number of methoxy groups -OCH3 is 1. The molecule has 1 aliphatic rings. The van der Waals surface area contributed by atoms with E-state index in [2.05, 4.69) is 27.7 Å². The Balaban J connectivity index is 2.23. The average Bonchev–Trinajstić information content (AvgIpc) is 3.04. The molecule has 0 spiro atoms. The van der Waals surface area contributed by atoms with Crippen LogP contribution in [0.4, 0.5) is 0 Å². The van der Waals surface area contributed by atoms with Crippen molar-refractivity contribution in [3.63, 3.8) is 0 Å². The van der Waals surface area contributed by atoms with Gasteiger partial charge in [0, 0.05) is 11.3 Å². The third-order valence-corrected chi connectivity index (χ3v) is 6.21. The Morgan fingerprint density at radius 1 is 1.19 bits per heavy atom. The lowest BCUT2D eigenvalue weighted by Crippen LogP contribution is -2.46. The van der Waals surface area contributed by atoms with Gasteiger partial charge in [-0.05, 0) is 29.5 Å². The average molecular weight is 378 g/mol. The lowest BCUT2D eigenvalue weighted by molar-refractivity contribution is -0.145. The highest BCUT2D eigenvalue weighted by Crippen LogP contribution is 2.34. The Morgan fingerprint density at radius 2 is 1.85 bits per heavy atom. The minimum Gasteiger partial charge on any atom is -0.467 e. The predicted octanol–water partition coefficient (Wildman–Crippen LogP) is 4.62. The van der Waals surface area contributed by atoms with Crippen LogP contribution in [0.1, 0.15) is 69.3 Å². The van der Waals surface area contributed by atoms with E-state index in [-0.39, 0.29) is 22.7 Å². The lowest BCUT2D eigenvalue weighted by Gasteiger charge is -2.28. The molecule has 5 heteroatoms. The molecule has 0 aromatic heterocycles. The second-order valence-corrected chi connectivity index (χ2v) is 9.07. The van der Waals surface area contributed by atoms with Gasteiger partial charge in [0.1, 0.15) is 6.04 Å². The number of carbonyl (C=O) groups is 2. The minimum absolute atomic E-state index is 0.0421. The molecule has 2 rings (SSSR count). The van der Waals surface area contributed by atoms with Crippen LogP contribution in [0.15, 0.2) is 24.3 Å². The first kappa shape index (κ1) is 20.8. The fraction of sp³-hybridized carbons (Fsp3) is 0.619. The number of unbranched alkanes of at least 4 members (excludes halogenated alkanes) is 2. The number of hydrogen-bond acceptors (Lipinski definition) is 4. The van der Waals surface area contributed by atoms with Crippen LogP contribution in [0.25, 0.3) is 0 Å². The van der Waals surface area contributed by atoms with Gasteiger partial charge >= 0.3 is 5.97 Å². The Hall–Kier alpha value is -1.49. The molecule has 1 heterocycles. The van der Waals surface area contributed by atoms with E-state index < -0.39 is 6.04 Å². The Morgan fingerprint density at radius 3 is 2.38 bits per heavy atom. The Kier molecular flexibility index (Phi) is 7.16. The molecule has 4 nitrogen and oxygen atoms in total. The van der Waals surface area contributed by atoms with E-state index in [1.54, 1.807) is 16.7 Å². The predicted molar refractivity (Wildman–Crippen MR) is 108 cm³/mol. The monoisotopic (exact) mass is 377 g/mol. The van der Waals surface area contributed by atoms with E-state index in [0.717, 1.165) is 25.7 Å². The Bertz CT molecular complexity index is 621. The van der Waals surface area contributed by atoms with E-state index in [0.29, 0.717) is 11.3 Å².